The molecule has 80 valence electrons. The molecule has 3 heteroatoms. The van der Waals surface area contributed by atoms with Crippen molar-refractivity contribution in [2.24, 2.45) is 4.99 Å². The van der Waals surface area contributed by atoms with Crippen LogP contribution in [0, 0.1) is 0 Å². The molecule has 2 rings (SSSR count). The van der Waals surface area contributed by atoms with Crippen molar-refractivity contribution in [1.82, 2.24) is 5.32 Å². The van der Waals surface area contributed by atoms with E-state index in [2.05, 4.69) is 10.3 Å². The second-order valence-electron chi connectivity index (χ2n) is 4.22. The molecule has 14 heavy (non-hydrogen) atoms. The maximum absolute atomic E-state index is 4.52. The van der Waals surface area contributed by atoms with Crippen LogP contribution in [0.1, 0.15) is 44.9 Å². The third-order valence-corrected chi connectivity index (χ3v) is 3.99. The largest absolute Gasteiger partial charge is 0.362 e. The lowest BCUT2D eigenvalue weighted by Gasteiger charge is -2.20. The lowest BCUT2D eigenvalue weighted by atomic mass is 10.1. The minimum Gasteiger partial charge on any atom is -0.362 e. The number of nitrogens with zero attached hydrogens (tertiary/aromatic N) is 1. The van der Waals surface area contributed by atoms with Gasteiger partial charge in [-0.3, -0.25) is 4.99 Å². The Hall–Kier alpha value is -0.180. The fourth-order valence-electron chi connectivity index (χ4n) is 2.15. The van der Waals surface area contributed by atoms with E-state index in [9.17, 15) is 0 Å². The molecule has 1 saturated carbocycles. The summed E-state index contributed by atoms with van der Waals surface area (Å²) in [5.74, 6) is 1.25. The molecule has 1 fully saturated rings. The second kappa shape index (κ2) is 5.64. The first-order chi connectivity index (χ1) is 6.95. The zero-order valence-electron chi connectivity index (χ0n) is 8.80. The van der Waals surface area contributed by atoms with E-state index in [4.69, 9.17) is 0 Å². The van der Waals surface area contributed by atoms with Crippen molar-refractivity contribution in [1.29, 1.82) is 0 Å². The van der Waals surface area contributed by atoms with E-state index in [0.717, 1.165) is 6.54 Å². The molecule has 2 aliphatic rings. The van der Waals surface area contributed by atoms with Gasteiger partial charge in [0.2, 0.25) is 0 Å². The van der Waals surface area contributed by atoms with E-state index >= 15 is 0 Å². The number of aliphatic imine (C=N–C) groups is 1. The summed E-state index contributed by atoms with van der Waals surface area (Å²) in [5.41, 5.74) is 0. The molecule has 0 aromatic heterocycles. The van der Waals surface area contributed by atoms with Gasteiger partial charge < -0.3 is 5.32 Å². The van der Waals surface area contributed by atoms with E-state index < -0.39 is 0 Å². The van der Waals surface area contributed by atoms with Crippen LogP contribution in [0.15, 0.2) is 4.99 Å². The monoisotopic (exact) mass is 212 g/mol. The van der Waals surface area contributed by atoms with Gasteiger partial charge in [0.05, 0.1) is 0 Å². The molecular formula is C11H20N2S. The van der Waals surface area contributed by atoms with E-state index in [1.54, 1.807) is 0 Å². The highest BCUT2D eigenvalue weighted by Gasteiger charge is 2.14. The Kier molecular flexibility index (Phi) is 4.17. The number of amidine groups is 1. The minimum atomic E-state index is 0.710. The summed E-state index contributed by atoms with van der Waals surface area (Å²) in [6.07, 6.45) is 9.60. The van der Waals surface area contributed by atoms with Gasteiger partial charge in [-0.05, 0) is 19.3 Å². The van der Waals surface area contributed by atoms with Crippen LogP contribution in [0.25, 0.3) is 0 Å². The molecular weight excluding hydrogens is 192 g/mol. The molecule has 0 aromatic rings. The lowest BCUT2D eigenvalue weighted by molar-refractivity contribution is 0.535. The summed E-state index contributed by atoms with van der Waals surface area (Å²) in [6.45, 7) is 1.03. The number of nitrogens with one attached hydrogen (secondary N) is 1. The highest BCUT2D eigenvalue weighted by Crippen LogP contribution is 2.19. The van der Waals surface area contributed by atoms with Crippen molar-refractivity contribution < 1.29 is 0 Å². The zero-order valence-corrected chi connectivity index (χ0v) is 9.61. The molecule has 0 amide bonds. The molecule has 0 saturated heterocycles. The van der Waals surface area contributed by atoms with Gasteiger partial charge in [-0.25, -0.2) is 0 Å². The van der Waals surface area contributed by atoms with Crippen LogP contribution in [0.5, 0.6) is 0 Å². The average molecular weight is 212 g/mol. The van der Waals surface area contributed by atoms with Crippen molar-refractivity contribution in [3.63, 3.8) is 0 Å². The van der Waals surface area contributed by atoms with E-state index in [1.807, 2.05) is 11.8 Å². The maximum Gasteiger partial charge on any atom is 0.156 e. The van der Waals surface area contributed by atoms with Crippen LogP contribution in [-0.4, -0.2) is 23.5 Å². The van der Waals surface area contributed by atoms with Crippen LogP contribution in [0.4, 0.5) is 0 Å². The summed E-state index contributed by atoms with van der Waals surface area (Å²) in [6, 6.07) is 0.710. The summed E-state index contributed by atoms with van der Waals surface area (Å²) < 4.78 is 0. The molecule has 1 heterocycles. The Balaban J connectivity index is 1.79. The van der Waals surface area contributed by atoms with E-state index in [1.165, 1.54) is 55.9 Å². The number of hydrogen-bond acceptors (Lipinski definition) is 3. The van der Waals surface area contributed by atoms with Crippen LogP contribution >= 0.6 is 11.8 Å². The van der Waals surface area contributed by atoms with Crippen LogP contribution < -0.4 is 5.32 Å². The Morgan fingerprint density at radius 3 is 2.50 bits per heavy atom. The molecule has 0 spiro atoms. The van der Waals surface area contributed by atoms with Crippen molar-refractivity contribution in [3.05, 3.63) is 0 Å². The summed E-state index contributed by atoms with van der Waals surface area (Å²) in [4.78, 5) is 4.52. The van der Waals surface area contributed by atoms with Crippen LogP contribution in [-0.2, 0) is 0 Å². The Morgan fingerprint density at radius 2 is 1.86 bits per heavy atom. The Labute approximate surface area is 90.9 Å². The second-order valence-corrected chi connectivity index (χ2v) is 5.31. The average Bonchev–Trinajstić information content (AvgIpc) is 2.48. The molecule has 0 atom stereocenters. The van der Waals surface area contributed by atoms with Gasteiger partial charge in [-0.2, -0.15) is 0 Å². The summed E-state index contributed by atoms with van der Waals surface area (Å²) in [7, 11) is 0. The number of thioether (sulfide) groups is 1. The molecule has 1 aliphatic carbocycles. The Morgan fingerprint density at radius 1 is 1.07 bits per heavy atom. The van der Waals surface area contributed by atoms with Gasteiger partial charge in [0.25, 0.3) is 0 Å². The highest BCUT2D eigenvalue weighted by molar-refractivity contribution is 8.13. The van der Waals surface area contributed by atoms with Crippen molar-refractivity contribution in [3.8, 4) is 0 Å². The molecule has 0 unspecified atom stereocenters. The van der Waals surface area contributed by atoms with E-state index in [-0.39, 0.29) is 0 Å². The molecule has 0 aromatic carbocycles. The molecule has 1 aliphatic heterocycles. The van der Waals surface area contributed by atoms with Crippen LogP contribution in [0.2, 0.25) is 0 Å². The molecule has 0 bridgehead atoms. The third kappa shape index (κ3) is 3.19. The first-order valence-corrected chi connectivity index (χ1v) is 6.87. The third-order valence-electron chi connectivity index (χ3n) is 2.98. The van der Waals surface area contributed by atoms with Gasteiger partial charge in [0.15, 0.2) is 5.17 Å². The van der Waals surface area contributed by atoms with Gasteiger partial charge in [-0.15, -0.1) is 0 Å². The smallest absolute Gasteiger partial charge is 0.156 e. The zero-order chi connectivity index (χ0) is 9.64. The van der Waals surface area contributed by atoms with Gasteiger partial charge in [0.1, 0.15) is 0 Å². The fraction of sp³-hybridized carbons (Fsp3) is 0.909. The van der Waals surface area contributed by atoms with Gasteiger partial charge >= 0.3 is 0 Å². The molecule has 2 nitrogen and oxygen atoms in total. The van der Waals surface area contributed by atoms with Crippen LogP contribution in [0.3, 0.4) is 0 Å². The highest BCUT2D eigenvalue weighted by atomic mass is 32.2. The normalized spacial score (nSPS) is 25.3. The summed E-state index contributed by atoms with van der Waals surface area (Å²) in [5, 5.41) is 4.82. The quantitative estimate of drug-likeness (QED) is 0.676. The number of hydrogen-bond donors (Lipinski definition) is 1. The van der Waals surface area contributed by atoms with Crippen molar-refractivity contribution in [2.75, 3.05) is 12.3 Å². The first-order valence-electron chi connectivity index (χ1n) is 5.89. The van der Waals surface area contributed by atoms with Gasteiger partial charge in [-0.1, -0.05) is 37.4 Å². The predicted molar refractivity (Wildman–Crippen MR) is 64.0 cm³/mol. The Bertz CT molecular complexity index is 195. The topological polar surface area (TPSA) is 24.4 Å². The van der Waals surface area contributed by atoms with Crippen molar-refractivity contribution in [2.45, 2.75) is 51.0 Å². The summed E-state index contributed by atoms with van der Waals surface area (Å²) >= 11 is 1.90. The minimum absolute atomic E-state index is 0.710. The predicted octanol–water partition coefficient (Wildman–Crippen LogP) is 2.79. The maximum atomic E-state index is 4.52. The SMILES string of the molecule is C1CCCC(NC2=NCCCS2)CC1. The molecule has 0 radical (unpaired) electrons. The first kappa shape index (κ1) is 10.3. The lowest BCUT2D eigenvalue weighted by Crippen LogP contribution is -2.34. The molecule has 1 N–H and O–H groups in total. The number of rotatable bonds is 1. The fourth-order valence-corrected chi connectivity index (χ4v) is 3.04. The van der Waals surface area contributed by atoms with Crippen molar-refractivity contribution >= 4 is 16.9 Å². The van der Waals surface area contributed by atoms with E-state index in [0.29, 0.717) is 6.04 Å². The van der Waals surface area contributed by atoms with Gasteiger partial charge in [0, 0.05) is 18.3 Å². The standard InChI is InChI=1S/C11H20N2S/c1-2-4-7-10(6-3-1)13-11-12-8-5-9-14-11/h10H,1-9H2,(H,12,13).